The monoisotopic (exact) mass is 443 g/mol. The quantitative estimate of drug-likeness (QED) is 0.518. The number of alkyl halides is 3. The van der Waals surface area contributed by atoms with E-state index in [4.69, 9.17) is 0 Å². The van der Waals surface area contributed by atoms with Gasteiger partial charge in [0.2, 0.25) is 5.82 Å². The topological polar surface area (TPSA) is 94.5 Å². The molecule has 0 radical (unpaired) electrons. The lowest BCUT2D eigenvalue weighted by atomic mass is 10.2. The summed E-state index contributed by atoms with van der Waals surface area (Å²) in [5.74, 6) is -0.356. The fourth-order valence-electron chi connectivity index (χ4n) is 4.05. The molecule has 0 amide bonds. The highest BCUT2D eigenvalue weighted by Crippen LogP contribution is 2.54. The number of para-hydroxylation sites is 2. The number of nitrogens with zero attached hydrogens (tertiary/aromatic N) is 7. The molecule has 166 valence electrons. The van der Waals surface area contributed by atoms with Crippen molar-refractivity contribution in [3.8, 4) is 5.82 Å². The molecule has 1 aliphatic carbocycles. The molecule has 11 heteroatoms. The van der Waals surface area contributed by atoms with Crippen molar-refractivity contribution < 1.29 is 18.3 Å². The molecule has 0 saturated heterocycles. The van der Waals surface area contributed by atoms with Crippen molar-refractivity contribution in [1.82, 2.24) is 34.3 Å². The minimum absolute atomic E-state index is 0.0510. The van der Waals surface area contributed by atoms with Gasteiger partial charge in [0.05, 0.1) is 16.7 Å². The van der Waals surface area contributed by atoms with E-state index in [1.165, 1.54) is 13.0 Å². The van der Waals surface area contributed by atoms with Crippen molar-refractivity contribution in [3.63, 3.8) is 0 Å². The third-order valence-electron chi connectivity index (χ3n) is 5.64. The summed E-state index contributed by atoms with van der Waals surface area (Å²) in [4.78, 5) is 16.3. The Morgan fingerprint density at radius 3 is 2.53 bits per heavy atom. The number of hydrogen-bond acceptors (Lipinski definition) is 6. The molecule has 3 atom stereocenters. The average Bonchev–Trinajstić information content (AvgIpc) is 3.33. The van der Waals surface area contributed by atoms with Crippen LogP contribution in [0.25, 0.3) is 16.9 Å². The van der Waals surface area contributed by atoms with E-state index in [9.17, 15) is 18.3 Å². The van der Waals surface area contributed by atoms with Gasteiger partial charge in [0.15, 0.2) is 11.6 Å². The molecule has 5 rings (SSSR count). The van der Waals surface area contributed by atoms with Crippen LogP contribution >= 0.6 is 0 Å². The van der Waals surface area contributed by atoms with Crippen molar-refractivity contribution in [1.29, 1.82) is 0 Å². The molecule has 1 aliphatic rings. The first-order valence-corrected chi connectivity index (χ1v) is 10.1. The Kier molecular flexibility index (Phi) is 4.55. The molecule has 1 saturated carbocycles. The molecule has 0 aliphatic heterocycles. The smallest absolute Gasteiger partial charge is 0.385 e. The second-order valence-electron chi connectivity index (χ2n) is 8.04. The SMILES string of the molecule is Cc1nc([C@H](C)O)n(-c2cc(C3C[C@H]3c3nc4ccccc4n3C)nc(C(F)(F)F)n2)n1. The van der Waals surface area contributed by atoms with Gasteiger partial charge >= 0.3 is 6.18 Å². The van der Waals surface area contributed by atoms with Crippen LogP contribution < -0.4 is 0 Å². The standard InChI is InChI=1S/C21H20F3N7O/c1-10(32)18-25-11(2)29-31(18)17-9-15(27-20(28-17)21(22,23)24)12-8-13(12)19-26-14-6-4-5-7-16(14)30(19)3/h4-7,9-10,12-13,32H,8H2,1-3H3/t10-,12?,13+/m0/s1. The number of imidazole rings is 1. The zero-order chi connectivity index (χ0) is 22.8. The number of aliphatic hydroxyl groups is 1. The number of aliphatic hydroxyl groups excluding tert-OH is 1. The van der Waals surface area contributed by atoms with Gasteiger partial charge in [0, 0.05) is 24.9 Å². The Morgan fingerprint density at radius 2 is 1.84 bits per heavy atom. The maximum atomic E-state index is 13.6. The third kappa shape index (κ3) is 3.42. The highest BCUT2D eigenvalue weighted by molar-refractivity contribution is 5.76. The second-order valence-corrected chi connectivity index (χ2v) is 8.04. The first-order valence-electron chi connectivity index (χ1n) is 10.1. The van der Waals surface area contributed by atoms with Crippen LogP contribution in [-0.4, -0.2) is 39.4 Å². The molecule has 3 aromatic heterocycles. The van der Waals surface area contributed by atoms with Crippen LogP contribution in [0.15, 0.2) is 30.3 Å². The predicted octanol–water partition coefficient (Wildman–Crippen LogP) is 3.60. The minimum Gasteiger partial charge on any atom is -0.385 e. The van der Waals surface area contributed by atoms with Gasteiger partial charge in [-0.2, -0.15) is 17.9 Å². The normalized spacial score (nSPS) is 19.5. The summed E-state index contributed by atoms with van der Waals surface area (Å²) in [6.45, 7) is 3.06. The fourth-order valence-corrected chi connectivity index (χ4v) is 4.05. The average molecular weight is 443 g/mol. The first kappa shape index (κ1) is 20.6. The van der Waals surface area contributed by atoms with E-state index >= 15 is 0 Å². The number of halogens is 3. The van der Waals surface area contributed by atoms with Crippen molar-refractivity contribution in [3.05, 3.63) is 59.3 Å². The largest absolute Gasteiger partial charge is 0.451 e. The summed E-state index contributed by atoms with van der Waals surface area (Å²) in [6, 6.07) is 9.17. The second kappa shape index (κ2) is 7.09. The van der Waals surface area contributed by atoms with Gasteiger partial charge in [-0.05, 0) is 32.4 Å². The van der Waals surface area contributed by atoms with Crippen molar-refractivity contribution in [2.24, 2.45) is 7.05 Å². The molecule has 1 N–H and O–H groups in total. The minimum atomic E-state index is -4.73. The Hall–Kier alpha value is -3.34. The summed E-state index contributed by atoms with van der Waals surface area (Å²) < 4.78 is 43.9. The van der Waals surface area contributed by atoms with Crippen LogP contribution in [0.1, 0.15) is 60.3 Å². The molecule has 3 heterocycles. The first-order chi connectivity index (χ1) is 15.1. The van der Waals surface area contributed by atoms with Crippen LogP contribution in [-0.2, 0) is 13.2 Å². The Bertz CT molecular complexity index is 1320. The van der Waals surface area contributed by atoms with Crippen LogP contribution in [0.5, 0.6) is 0 Å². The Balaban J connectivity index is 1.58. The molecule has 0 spiro atoms. The third-order valence-corrected chi connectivity index (χ3v) is 5.64. The van der Waals surface area contributed by atoms with Gasteiger partial charge in [-0.1, -0.05) is 12.1 Å². The highest BCUT2D eigenvalue weighted by atomic mass is 19.4. The van der Waals surface area contributed by atoms with E-state index in [2.05, 4.69) is 25.0 Å². The molecule has 32 heavy (non-hydrogen) atoms. The molecular weight excluding hydrogens is 423 g/mol. The van der Waals surface area contributed by atoms with E-state index in [-0.39, 0.29) is 29.2 Å². The Labute approximate surface area is 180 Å². The summed E-state index contributed by atoms with van der Waals surface area (Å²) in [5, 5.41) is 14.1. The maximum absolute atomic E-state index is 13.6. The number of rotatable bonds is 4. The number of fused-ring (bicyclic) bond motifs is 1. The lowest BCUT2D eigenvalue weighted by Crippen LogP contribution is -2.17. The van der Waals surface area contributed by atoms with Crippen molar-refractivity contribution >= 4 is 11.0 Å². The van der Waals surface area contributed by atoms with E-state index in [1.54, 1.807) is 6.92 Å². The lowest BCUT2D eigenvalue weighted by Gasteiger charge is -2.12. The fraction of sp³-hybridized carbons (Fsp3) is 0.381. The summed E-state index contributed by atoms with van der Waals surface area (Å²) in [7, 11) is 1.90. The van der Waals surface area contributed by atoms with Crippen LogP contribution in [0.3, 0.4) is 0 Å². The van der Waals surface area contributed by atoms with Gasteiger partial charge in [-0.3, -0.25) is 0 Å². The highest BCUT2D eigenvalue weighted by Gasteiger charge is 2.45. The Morgan fingerprint density at radius 1 is 1.09 bits per heavy atom. The van der Waals surface area contributed by atoms with Gasteiger partial charge in [-0.25, -0.2) is 19.9 Å². The van der Waals surface area contributed by atoms with E-state index in [0.29, 0.717) is 12.2 Å². The van der Waals surface area contributed by atoms with Crippen LogP contribution in [0.4, 0.5) is 13.2 Å². The van der Waals surface area contributed by atoms with Crippen molar-refractivity contribution in [2.45, 2.75) is 44.4 Å². The lowest BCUT2D eigenvalue weighted by molar-refractivity contribution is -0.145. The van der Waals surface area contributed by atoms with Crippen molar-refractivity contribution in [2.75, 3.05) is 0 Å². The van der Waals surface area contributed by atoms with Crippen LogP contribution in [0.2, 0.25) is 0 Å². The van der Waals surface area contributed by atoms with Gasteiger partial charge in [0.1, 0.15) is 17.8 Å². The van der Waals surface area contributed by atoms with E-state index in [1.807, 2.05) is 35.9 Å². The van der Waals surface area contributed by atoms with E-state index in [0.717, 1.165) is 21.5 Å². The van der Waals surface area contributed by atoms with Gasteiger partial charge in [0.25, 0.3) is 0 Å². The van der Waals surface area contributed by atoms with Crippen LogP contribution in [0, 0.1) is 6.92 Å². The molecule has 8 nitrogen and oxygen atoms in total. The molecule has 1 unspecified atom stereocenters. The predicted molar refractivity (Wildman–Crippen MR) is 108 cm³/mol. The maximum Gasteiger partial charge on any atom is 0.451 e. The summed E-state index contributed by atoms with van der Waals surface area (Å²) in [6.07, 6.45) is -5.13. The zero-order valence-electron chi connectivity index (χ0n) is 17.5. The van der Waals surface area contributed by atoms with E-state index < -0.39 is 18.1 Å². The molecule has 4 aromatic rings. The molecular formula is C21H20F3N7O. The molecule has 1 fully saturated rings. The summed E-state index contributed by atoms with van der Waals surface area (Å²) in [5.41, 5.74) is 2.07. The van der Waals surface area contributed by atoms with Gasteiger partial charge < -0.3 is 9.67 Å². The number of aryl methyl sites for hydroxylation is 2. The van der Waals surface area contributed by atoms with Gasteiger partial charge in [-0.15, -0.1) is 5.10 Å². The number of benzene rings is 1. The number of hydrogen-bond donors (Lipinski definition) is 1. The summed E-state index contributed by atoms with van der Waals surface area (Å²) >= 11 is 0. The molecule has 0 bridgehead atoms. The number of aromatic nitrogens is 7. The zero-order valence-corrected chi connectivity index (χ0v) is 17.5. The molecule has 1 aromatic carbocycles.